The van der Waals surface area contributed by atoms with Gasteiger partial charge in [-0.1, -0.05) is 0 Å². The molecular formula is C16H20N4O3. The Kier molecular flexibility index (Phi) is 4.87. The molecule has 7 heteroatoms. The summed E-state index contributed by atoms with van der Waals surface area (Å²) in [4.78, 5) is 16.3. The minimum atomic E-state index is -0.275. The lowest BCUT2D eigenvalue weighted by atomic mass is 10.1. The molecule has 3 rings (SSSR count). The number of carbonyl (C=O) groups excluding carboxylic acids is 1. The molecule has 1 aliphatic heterocycles. The van der Waals surface area contributed by atoms with Crippen molar-refractivity contribution in [2.75, 3.05) is 19.0 Å². The van der Waals surface area contributed by atoms with E-state index in [0.717, 1.165) is 19.4 Å². The molecule has 1 saturated heterocycles. The van der Waals surface area contributed by atoms with Crippen LogP contribution in [0, 0.1) is 0 Å². The van der Waals surface area contributed by atoms with Gasteiger partial charge in [0.1, 0.15) is 5.56 Å². The summed E-state index contributed by atoms with van der Waals surface area (Å²) in [6.45, 7) is 1.52. The van der Waals surface area contributed by atoms with Gasteiger partial charge in [-0.05, 0) is 31.4 Å². The minimum Gasteiger partial charge on any atom is -0.480 e. The number of nitrogens with one attached hydrogen (secondary N) is 1. The van der Waals surface area contributed by atoms with Crippen LogP contribution in [0.5, 0.6) is 5.88 Å². The number of pyridine rings is 1. The van der Waals surface area contributed by atoms with Crippen LogP contribution in [0.25, 0.3) is 0 Å². The van der Waals surface area contributed by atoms with Crippen LogP contribution in [0.1, 0.15) is 29.6 Å². The number of carbonyl (C=O) groups is 1. The van der Waals surface area contributed by atoms with Crippen molar-refractivity contribution in [2.24, 2.45) is 0 Å². The van der Waals surface area contributed by atoms with Crippen molar-refractivity contribution < 1.29 is 14.3 Å². The molecular weight excluding hydrogens is 296 g/mol. The zero-order valence-corrected chi connectivity index (χ0v) is 13.1. The molecule has 2 aromatic rings. The Morgan fingerprint density at radius 1 is 1.52 bits per heavy atom. The Balaban J connectivity index is 1.63. The second-order valence-corrected chi connectivity index (χ2v) is 5.45. The van der Waals surface area contributed by atoms with Gasteiger partial charge < -0.3 is 14.8 Å². The zero-order valence-electron chi connectivity index (χ0n) is 13.1. The Morgan fingerprint density at radius 2 is 2.43 bits per heavy atom. The van der Waals surface area contributed by atoms with E-state index in [-0.39, 0.29) is 12.0 Å². The molecule has 1 amide bonds. The topological polar surface area (TPSA) is 78.3 Å². The first-order valence-corrected chi connectivity index (χ1v) is 7.70. The Labute approximate surface area is 134 Å². The number of methoxy groups -OCH3 is 1. The highest BCUT2D eigenvalue weighted by Gasteiger charge is 2.16. The smallest absolute Gasteiger partial charge is 0.261 e. The average Bonchev–Trinajstić information content (AvgIpc) is 3.02. The number of aromatic nitrogens is 3. The molecule has 122 valence electrons. The summed E-state index contributed by atoms with van der Waals surface area (Å²) >= 11 is 0. The van der Waals surface area contributed by atoms with E-state index in [0.29, 0.717) is 23.7 Å². The highest BCUT2D eigenvalue weighted by molar-refractivity contribution is 6.05. The number of nitrogens with zero attached hydrogens (tertiary/aromatic N) is 3. The molecule has 0 aromatic carbocycles. The molecule has 23 heavy (non-hydrogen) atoms. The molecule has 0 spiro atoms. The monoisotopic (exact) mass is 316 g/mol. The van der Waals surface area contributed by atoms with Crippen LogP contribution in [0.3, 0.4) is 0 Å². The third-order valence-corrected chi connectivity index (χ3v) is 3.76. The van der Waals surface area contributed by atoms with Gasteiger partial charge >= 0.3 is 0 Å². The average molecular weight is 316 g/mol. The predicted octanol–water partition coefficient (Wildman–Crippen LogP) is 2.11. The van der Waals surface area contributed by atoms with E-state index in [2.05, 4.69) is 15.4 Å². The van der Waals surface area contributed by atoms with Crippen molar-refractivity contribution in [1.29, 1.82) is 0 Å². The fourth-order valence-corrected chi connectivity index (χ4v) is 2.61. The molecule has 0 radical (unpaired) electrons. The van der Waals surface area contributed by atoms with Gasteiger partial charge in [0.2, 0.25) is 5.88 Å². The molecule has 1 aliphatic rings. The summed E-state index contributed by atoms with van der Waals surface area (Å²) in [7, 11) is 1.49. The normalized spacial score (nSPS) is 17.7. The zero-order chi connectivity index (χ0) is 16.1. The van der Waals surface area contributed by atoms with E-state index < -0.39 is 0 Å². The van der Waals surface area contributed by atoms with E-state index in [1.807, 2.05) is 0 Å². The largest absolute Gasteiger partial charge is 0.480 e. The first kappa shape index (κ1) is 15.5. The SMILES string of the molecule is COc1ncccc1C(=O)Nc1cnn(C[C@@H]2CCCCO2)c1. The molecule has 1 N–H and O–H groups in total. The van der Waals surface area contributed by atoms with Crippen molar-refractivity contribution in [1.82, 2.24) is 14.8 Å². The predicted molar refractivity (Wildman–Crippen MR) is 84.6 cm³/mol. The summed E-state index contributed by atoms with van der Waals surface area (Å²) in [6.07, 6.45) is 8.58. The van der Waals surface area contributed by atoms with Crippen LogP contribution in [0.15, 0.2) is 30.7 Å². The van der Waals surface area contributed by atoms with Crippen molar-refractivity contribution in [3.8, 4) is 5.88 Å². The highest BCUT2D eigenvalue weighted by atomic mass is 16.5. The number of anilines is 1. The second-order valence-electron chi connectivity index (χ2n) is 5.45. The summed E-state index contributed by atoms with van der Waals surface area (Å²) in [5, 5.41) is 7.08. The summed E-state index contributed by atoms with van der Waals surface area (Å²) in [5.41, 5.74) is 1.02. The molecule has 0 unspecified atom stereocenters. The first-order chi connectivity index (χ1) is 11.3. The van der Waals surface area contributed by atoms with Crippen LogP contribution in [0.4, 0.5) is 5.69 Å². The van der Waals surface area contributed by atoms with Gasteiger partial charge in [-0.2, -0.15) is 5.10 Å². The van der Waals surface area contributed by atoms with Crippen molar-refractivity contribution in [2.45, 2.75) is 31.9 Å². The summed E-state index contributed by atoms with van der Waals surface area (Å²) in [6, 6.07) is 3.36. The van der Waals surface area contributed by atoms with Crippen molar-refractivity contribution in [3.05, 3.63) is 36.3 Å². The molecule has 7 nitrogen and oxygen atoms in total. The Hall–Kier alpha value is -2.41. The van der Waals surface area contributed by atoms with E-state index >= 15 is 0 Å². The maximum Gasteiger partial charge on any atom is 0.261 e. The van der Waals surface area contributed by atoms with Crippen LogP contribution in [-0.2, 0) is 11.3 Å². The van der Waals surface area contributed by atoms with Gasteiger partial charge in [-0.15, -0.1) is 0 Å². The van der Waals surface area contributed by atoms with Gasteiger partial charge in [0.05, 0.1) is 31.6 Å². The molecule has 1 atom stereocenters. The summed E-state index contributed by atoms with van der Waals surface area (Å²) < 4.78 is 12.6. The lowest BCUT2D eigenvalue weighted by molar-refractivity contribution is 0.00401. The van der Waals surface area contributed by atoms with Crippen LogP contribution < -0.4 is 10.1 Å². The van der Waals surface area contributed by atoms with Gasteiger partial charge in [0, 0.05) is 19.0 Å². The lowest BCUT2D eigenvalue weighted by Crippen LogP contribution is -2.24. The molecule has 3 heterocycles. The number of amides is 1. The molecule has 0 saturated carbocycles. The van der Waals surface area contributed by atoms with Gasteiger partial charge in [-0.25, -0.2) is 4.98 Å². The standard InChI is InChI=1S/C16H20N4O3/c1-22-16-14(6-4-7-17-16)15(21)19-12-9-18-20(10-12)11-13-5-2-3-8-23-13/h4,6-7,9-10,13H,2-3,5,8,11H2,1H3,(H,19,21)/t13-/m0/s1. The van der Waals surface area contributed by atoms with E-state index in [9.17, 15) is 4.79 Å². The van der Waals surface area contributed by atoms with Crippen LogP contribution in [0.2, 0.25) is 0 Å². The van der Waals surface area contributed by atoms with E-state index in [4.69, 9.17) is 9.47 Å². The maximum absolute atomic E-state index is 12.3. The highest BCUT2D eigenvalue weighted by Crippen LogP contribution is 2.17. The second kappa shape index (κ2) is 7.23. The minimum absolute atomic E-state index is 0.200. The Morgan fingerprint density at radius 3 is 3.22 bits per heavy atom. The Bertz CT molecular complexity index is 665. The third-order valence-electron chi connectivity index (χ3n) is 3.76. The fourth-order valence-electron chi connectivity index (χ4n) is 2.61. The fraction of sp³-hybridized carbons (Fsp3) is 0.438. The van der Waals surface area contributed by atoms with Gasteiger partial charge in [0.25, 0.3) is 5.91 Å². The maximum atomic E-state index is 12.3. The summed E-state index contributed by atoms with van der Waals surface area (Å²) in [5.74, 6) is 0.0245. The number of rotatable bonds is 5. The van der Waals surface area contributed by atoms with Crippen molar-refractivity contribution >= 4 is 11.6 Å². The van der Waals surface area contributed by atoms with E-state index in [1.165, 1.54) is 13.5 Å². The van der Waals surface area contributed by atoms with Gasteiger partial charge in [-0.3, -0.25) is 9.48 Å². The van der Waals surface area contributed by atoms with Crippen LogP contribution in [-0.4, -0.2) is 40.5 Å². The molecule has 0 aliphatic carbocycles. The number of hydrogen-bond acceptors (Lipinski definition) is 5. The van der Waals surface area contributed by atoms with Crippen LogP contribution >= 0.6 is 0 Å². The van der Waals surface area contributed by atoms with Gasteiger partial charge in [0.15, 0.2) is 0 Å². The van der Waals surface area contributed by atoms with Crippen molar-refractivity contribution in [3.63, 3.8) is 0 Å². The lowest BCUT2D eigenvalue weighted by Gasteiger charge is -2.22. The molecule has 2 aromatic heterocycles. The number of hydrogen-bond donors (Lipinski definition) is 1. The quantitative estimate of drug-likeness (QED) is 0.914. The number of ether oxygens (including phenoxy) is 2. The molecule has 1 fully saturated rings. The van der Waals surface area contributed by atoms with E-state index in [1.54, 1.807) is 35.4 Å². The third kappa shape index (κ3) is 3.87. The first-order valence-electron chi connectivity index (χ1n) is 7.70. The molecule has 0 bridgehead atoms.